The SMILES string of the molecule is C=C(C)C(=O)c1ccc(N=Nc2ccc(C(O)C(=C)C)cc2)cc1. The zero-order valence-electron chi connectivity index (χ0n) is 13.9. The Morgan fingerprint density at radius 2 is 1.38 bits per heavy atom. The molecule has 0 fully saturated rings. The van der Waals surface area contributed by atoms with E-state index in [1.54, 1.807) is 62.4 Å². The minimum absolute atomic E-state index is 0.0786. The molecule has 0 heterocycles. The number of nitrogens with zero attached hydrogens (tertiary/aromatic N) is 2. The van der Waals surface area contributed by atoms with Gasteiger partial charge in [0.05, 0.1) is 17.5 Å². The Morgan fingerprint density at radius 1 is 0.917 bits per heavy atom. The van der Waals surface area contributed by atoms with E-state index >= 15 is 0 Å². The van der Waals surface area contributed by atoms with E-state index in [1.165, 1.54) is 0 Å². The molecule has 0 aliphatic heterocycles. The van der Waals surface area contributed by atoms with Crippen molar-refractivity contribution in [2.45, 2.75) is 20.0 Å². The van der Waals surface area contributed by atoms with Gasteiger partial charge in [-0.25, -0.2) is 0 Å². The van der Waals surface area contributed by atoms with Gasteiger partial charge in [0.15, 0.2) is 5.78 Å². The van der Waals surface area contributed by atoms with Gasteiger partial charge >= 0.3 is 0 Å². The van der Waals surface area contributed by atoms with Gasteiger partial charge in [-0.15, -0.1) is 0 Å². The normalized spacial score (nSPS) is 12.1. The molecule has 1 atom stereocenters. The molecule has 122 valence electrons. The van der Waals surface area contributed by atoms with E-state index in [0.717, 1.165) is 5.56 Å². The van der Waals surface area contributed by atoms with Crippen LogP contribution in [0.4, 0.5) is 11.4 Å². The topological polar surface area (TPSA) is 62.0 Å². The number of hydrogen-bond donors (Lipinski definition) is 1. The van der Waals surface area contributed by atoms with Crippen LogP contribution < -0.4 is 0 Å². The number of allylic oxidation sites excluding steroid dienone is 1. The van der Waals surface area contributed by atoms with Crippen LogP contribution in [0.25, 0.3) is 0 Å². The summed E-state index contributed by atoms with van der Waals surface area (Å²) in [5.41, 5.74) is 3.87. The van der Waals surface area contributed by atoms with Gasteiger partial charge in [-0.3, -0.25) is 4.79 Å². The van der Waals surface area contributed by atoms with Crippen molar-refractivity contribution >= 4 is 17.2 Å². The molecule has 0 bridgehead atoms. The quantitative estimate of drug-likeness (QED) is 0.332. The minimum atomic E-state index is -0.672. The first-order valence-electron chi connectivity index (χ1n) is 7.54. The molecular weight excluding hydrogens is 300 g/mol. The van der Waals surface area contributed by atoms with Gasteiger partial charge in [0, 0.05) is 5.56 Å². The fourth-order valence-electron chi connectivity index (χ4n) is 2.05. The molecule has 0 saturated heterocycles. The second-order valence-electron chi connectivity index (χ2n) is 5.70. The molecule has 0 spiro atoms. The Labute approximate surface area is 141 Å². The molecule has 0 radical (unpaired) electrons. The Bertz CT molecular complexity index is 787. The number of carbonyl (C=O) groups is 1. The Morgan fingerprint density at radius 3 is 1.79 bits per heavy atom. The maximum atomic E-state index is 11.8. The van der Waals surface area contributed by atoms with Gasteiger partial charge in [-0.1, -0.05) is 25.3 Å². The molecule has 1 N–H and O–H groups in total. The summed E-state index contributed by atoms with van der Waals surface area (Å²) in [6, 6.07) is 14.0. The van der Waals surface area contributed by atoms with E-state index in [0.29, 0.717) is 28.1 Å². The summed E-state index contributed by atoms with van der Waals surface area (Å²) in [5.74, 6) is -0.0786. The standard InChI is InChI=1S/C20H20N2O2/c1-13(2)19(23)15-5-9-17(10-6-15)21-22-18-11-7-16(8-12-18)20(24)14(3)4/h5-12,19,23H,1,3H2,2,4H3. The summed E-state index contributed by atoms with van der Waals surface area (Å²) >= 11 is 0. The number of ketones is 1. The minimum Gasteiger partial charge on any atom is -0.384 e. The van der Waals surface area contributed by atoms with E-state index in [-0.39, 0.29) is 5.78 Å². The fraction of sp³-hybridized carbons (Fsp3) is 0.150. The van der Waals surface area contributed by atoms with Crippen LogP contribution in [0.2, 0.25) is 0 Å². The molecule has 0 amide bonds. The summed E-state index contributed by atoms with van der Waals surface area (Å²) in [4.78, 5) is 11.8. The third kappa shape index (κ3) is 4.33. The fourth-order valence-corrected chi connectivity index (χ4v) is 2.05. The number of aliphatic hydroxyl groups is 1. The third-order valence-corrected chi connectivity index (χ3v) is 3.47. The zero-order valence-corrected chi connectivity index (χ0v) is 13.9. The molecule has 24 heavy (non-hydrogen) atoms. The first-order valence-corrected chi connectivity index (χ1v) is 7.54. The van der Waals surface area contributed by atoms with E-state index in [4.69, 9.17) is 0 Å². The first-order chi connectivity index (χ1) is 11.4. The average molecular weight is 320 g/mol. The predicted molar refractivity (Wildman–Crippen MR) is 96.0 cm³/mol. The number of hydrogen-bond acceptors (Lipinski definition) is 4. The van der Waals surface area contributed by atoms with Crippen molar-refractivity contribution in [2.75, 3.05) is 0 Å². The highest BCUT2D eigenvalue weighted by Gasteiger charge is 2.07. The van der Waals surface area contributed by atoms with Crippen LogP contribution >= 0.6 is 0 Å². The van der Waals surface area contributed by atoms with E-state index in [9.17, 15) is 9.90 Å². The lowest BCUT2D eigenvalue weighted by atomic mass is 10.0. The van der Waals surface area contributed by atoms with Crippen molar-refractivity contribution in [1.82, 2.24) is 0 Å². The van der Waals surface area contributed by atoms with E-state index in [1.807, 2.05) is 0 Å². The monoisotopic (exact) mass is 320 g/mol. The lowest BCUT2D eigenvalue weighted by Crippen LogP contribution is -1.98. The van der Waals surface area contributed by atoms with Crippen LogP contribution in [-0.4, -0.2) is 10.9 Å². The van der Waals surface area contributed by atoms with Crippen molar-refractivity contribution in [1.29, 1.82) is 0 Å². The molecule has 2 rings (SSSR count). The number of Topliss-reactive ketones (excluding diaryl/α,β-unsaturated/α-hetero) is 1. The lowest BCUT2D eigenvalue weighted by molar-refractivity contribution is 0.103. The van der Waals surface area contributed by atoms with Crippen molar-refractivity contribution < 1.29 is 9.90 Å². The average Bonchev–Trinajstić information content (AvgIpc) is 2.59. The molecule has 4 heteroatoms. The number of aliphatic hydroxyl groups excluding tert-OH is 1. The lowest BCUT2D eigenvalue weighted by Gasteiger charge is -2.09. The molecule has 0 aliphatic carbocycles. The van der Waals surface area contributed by atoms with Crippen LogP contribution in [-0.2, 0) is 0 Å². The van der Waals surface area contributed by atoms with Crippen molar-refractivity contribution in [3.63, 3.8) is 0 Å². The number of rotatable bonds is 6. The van der Waals surface area contributed by atoms with Gasteiger partial charge in [0.2, 0.25) is 0 Å². The van der Waals surface area contributed by atoms with Gasteiger partial charge in [0.25, 0.3) is 0 Å². The van der Waals surface area contributed by atoms with E-state index in [2.05, 4.69) is 23.4 Å². The molecule has 0 saturated carbocycles. The Kier molecular flexibility index (Phi) is 5.55. The van der Waals surface area contributed by atoms with Crippen LogP contribution in [0.3, 0.4) is 0 Å². The van der Waals surface area contributed by atoms with Gasteiger partial charge in [-0.2, -0.15) is 10.2 Å². The Hall–Kier alpha value is -2.85. The van der Waals surface area contributed by atoms with Crippen LogP contribution in [0.5, 0.6) is 0 Å². The highest BCUT2D eigenvalue weighted by atomic mass is 16.3. The highest BCUT2D eigenvalue weighted by Crippen LogP contribution is 2.24. The number of benzene rings is 2. The van der Waals surface area contributed by atoms with Gasteiger partial charge < -0.3 is 5.11 Å². The van der Waals surface area contributed by atoms with Crippen molar-refractivity contribution in [3.05, 3.63) is 84.0 Å². The molecule has 0 aromatic heterocycles. The number of carbonyl (C=O) groups excluding carboxylic acids is 1. The van der Waals surface area contributed by atoms with Gasteiger partial charge in [0.1, 0.15) is 0 Å². The summed E-state index contributed by atoms with van der Waals surface area (Å²) < 4.78 is 0. The highest BCUT2D eigenvalue weighted by molar-refractivity contribution is 6.07. The maximum absolute atomic E-state index is 11.8. The summed E-state index contributed by atoms with van der Waals surface area (Å²) in [7, 11) is 0. The first kappa shape index (κ1) is 17.5. The predicted octanol–water partition coefficient (Wildman–Crippen LogP) is 5.47. The molecule has 0 aliphatic rings. The number of azo groups is 1. The van der Waals surface area contributed by atoms with Crippen LogP contribution in [0, 0.1) is 0 Å². The zero-order chi connectivity index (χ0) is 17.7. The molecular formula is C20H20N2O2. The third-order valence-electron chi connectivity index (χ3n) is 3.47. The van der Waals surface area contributed by atoms with Crippen molar-refractivity contribution in [3.8, 4) is 0 Å². The van der Waals surface area contributed by atoms with Crippen LogP contribution in [0.1, 0.15) is 35.9 Å². The molecule has 4 nitrogen and oxygen atoms in total. The van der Waals surface area contributed by atoms with Crippen molar-refractivity contribution in [2.24, 2.45) is 10.2 Å². The van der Waals surface area contributed by atoms with E-state index < -0.39 is 6.10 Å². The second-order valence-corrected chi connectivity index (χ2v) is 5.70. The molecule has 2 aromatic rings. The summed E-state index contributed by atoms with van der Waals surface area (Å²) in [6.07, 6.45) is -0.672. The van der Waals surface area contributed by atoms with Gasteiger partial charge in [-0.05, 0) is 67.0 Å². The van der Waals surface area contributed by atoms with Crippen LogP contribution in [0.15, 0.2) is 83.1 Å². The Balaban J connectivity index is 2.09. The summed E-state index contributed by atoms with van der Waals surface area (Å²) in [6.45, 7) is 10.8. The summed E-state index contributed by atoms with van der Waals surface area (Å²) in [5, 5.41) is 18.2. The largest absolute Gasteiger partial charge is 0.384 e. The smallest absolute Gasteiger partial charge is 0.188 e. The molecule has 2 aromatic carbocycles. The maximum Gasteiger partial charge on any atom is 0.188 e. The molecule has 1 unspecified atom stereocenters. The second kappa shape index (κ2) is 7.62.